The minimum Gasteiger partial charge on any atom is -0.493 e. The topological polar surface area (TPSA) is 145 Å². The van der Waals surface area contributed by atoms with Crippen molar-refractivity contribution in [3.63, 3.8) is 0 Å². The second kappa shape index (κ2) is 16.2. The number of aliphatic imine (C=N–C) groups is 1. The number of carbonyl (C=O) groups excluding carboxylic acids is 2. The van der Waals surface area contributed by atoms with Crippen molar-refractivity contribution in [2.45, 2.75) is 32.1 Å². The van der Waals surface area contributed by atoms with E-state index in [1.54, 1.807) is 66.5 Å². The van der Waals surface area contributed by atoms with Crippen molar-refractivity contribution in [2.24, 2.45) is 4.99 Å². The van der Waals surface area contributed by atoms with Gasteiger partial charge in [0.15, 0.2) is 23.0 Å². The van der Waals surface area contributed by atoms with E-state index in [2.05, 4.69) is 10.3 Å². The average Bonchev–Trinajstić information content (AvgIpc) is 3.83. The van der Waals surface area contributed by atoms with E-state index in [1.807, 2.05) is 48.5 Å². The molecule has 2 heterocycles. The van der Waals surface area contributed by atoms with Crippen LogP contribution >= 0.6 is 0 Å². The molecule has 0 radical (unpaired) electrons. The predicted molar refractivity (Wildman–Crippen MR) is 214 cm³/mol. The van der Waals surface area contributed by atoms with E-state index < -0.39 is 4.92 Å². The Kier molecular flexibility index (Phi) is 10.8. The minimum atomic E-state index is -0.475. The van der Waals surface area contributed by atoms with Crippen LogP contribution < -0.4 is 34.1 Å². The molecule has 2 aliphatic rings. The van der Waals surface area contributed by atoms with Crippen molar-refractivity contribution in [3.05, 3.63) is 141 Å². The number of hydrogen-bond acceptors (Lipinski definition) is 10. The molecule has 0 aliphatic carbocycles. The number of rotatable bonds is 13. The largest absolute Gasteiger partial charge is 0.493 e. The lowest BCUT2D eigenvalue weighted by atomic mass is 10.1. The molecule has 2 aliphatic heterocycles. The van der Waals surface area contributed by atoms with E-state index in [-0.39, 0.29) is 36.8 Å². The fraction of sp³-hybridized carbons (Fsp3) is 0.233. The number of nitrogens with one attached hydrogen (secondary N) is 1. The van der Waals surface area contributed by atoms with Crippen LogP contribution in [0.15, 0.2) is 102 Å². The summed E-state index contributed by atoms with van der Waals surface area (Å²) in [7, 11) is 6.38. The Morgan fingerprint density at radius 1 is 0.821 bits per heavy atom. The van der Waals surface area contributed by atoms with Crippen molar-refractivity contribution in [3.8, 4) is 23.0 Å². The number of methoxy groups -OCH3 is 2. The molecule has 13 heteroatoms. The molecule has 0 saturated heterocycles. The molecule has 0 fully saturated rings. The molecule has 1 atom stereocenters. The lowest BCUT2D eigenvalue weighted by molar-refractivity contribution is -0.385. The lowest BCUT2D eigenvalue weighted by Crippen LogP contribution is -2.38. The van der Waals surface area contributed by atoms with Crippen molar-refractivity contribution in [1.29, 1.82) is 0 Å². The molecule has 2 amide bonds. The number of nitro benzene ring substituents is 1. The van der Waals surface area contributed by atoms with Gasteiger partial charge in [0.25, 0.3) is 17.5 Å². The fourth-order valence-electron chi connectivity index (χ4n) is 7.27. The van der Waals surface area contributed by atoms with Crippen LogP contribution in [0.3, 0.4) is 0 Å². The first-order chi connectivity index (χ1) is 27.2. The van der Waals surface area contributed by atoms with Gasteiger partial charge in [-0.05, 0) is 71.1 Å². The van der Waals surface area contributed by atoms with E-state index in [1.165, 1.54) is 26.4 Å². The van der Waals surface area contributed by atoms with Gasteiger partial charge >= 0.3 is 0 Å². The lowest BCUT2D eigenvalue weighted by Gasteiger charge is -2.23. The van der Waals surface area contributed by atoms with Gasteiger partial charge in [-0.15, -0.1) is 0 Å². The molecule has 0 bridgehead atoms. The van der Waals surface area contributed by atoms with Crippen LogP contribution in [0.2, 0.25) is 0 Å². The zero-order valence-corrected chi connectivity index (χ0v) is 31.5. The van der Waals surface area contributed by atoms with Gasteiger partial charge in [-0.3, -0.25) is 29.6 Å². The monoisotopic (exact) mass is 755 g/mol. The van der Waals surface area contributed by atoms with E-state index in [0.717, 1.165) is 28.9 Å². The molecule has 13 nitrogen and oxygen atoms in total. The van der Waals surface area contributed by atoms with Crippen molar-refractivity contribution in [2.75, 3.05) is 50.0 Å². The van der Waals surface area contributed by atoms with Gasteiger partial charge in [0.1, 0.15) is 13.2 Å². The Bertz CT molecular complexity index is 2340. The highest BCUT2D eigenvalue weighted by atomic mass is 16.6. The third-order valence-corrected chi connectivity index (χ3v) is 9.94. The first-order valence-electron chi connectivity index (χ1n) is 18.1. The Hall–Kier alpha value is -6.89. The predicted octanol–water partition coefficient (Wildman–Crippen LogP) is 7.29. The Morgan fingerprint density at radius 3 is 2.16 bits per heavy atom. The number of para-hydroxylation sites is 2. The summed E-state index contributed by atoms with van der Waals surface area (Å²) in [6, 6.07) is 28.3. The summed E-state index contributed by atoms with van der Waals surface area (Å²) in [5, 5.41) is 15.1. The van der Waals surface area contributed by atoms with Crippen LogP contribution in [0.4, 0.5) is 22.7 Å². The van der Waals surface area contributed by atoms with Crippen LogP contribution in [-0.2, 0) is 26.1 Å². The third-order valence-electron chi connectivity index (χ3n) is 9.94. The summed E-state index contributed by atoms with van der Waals surface area (Å²) in [6.07, 6.45) is 3.21. The normalized spacial score (nSPS) is 14.3. The van der Waals surface area contributed by atoms with Crippen LogP contribution in [-0.4, -0.2) is 63.9 Å². The first kappa shape index (κ1) is 37.4. The maximum Gasteiger partial charge on any atom is 0.270 e. The quantitative estimate of drug-likeness (QED) is 0.0744. The molecule has 0 saturated carbocycles. The van der Waals surface area contributed by atoms with Gasteiger partial charge < -0.3 is 29.2 Å². The molecule has 5 aromatic carbocycles. The summed E-state index contributed by atoms with van der Waals surface area (Å²) in [5.74, 6) is 1.01. The van der Waals surface area contributed by atoms with Crippen LogP contribution in [0, 0.1) is 10.1 Å². The standard InChI is InChI=1S/C43H41N5O8/c1-44-24-33-20-30-10-6-8-12-37(30)47(33)42(49)31-13-14-38(39(21-31)53-3)55-25-27-17-28(19-32(18-27)48(51)52)26-56-41-23-35(45-2)34(22-40(41)54-4)43(50)46-16-15-29-9-5-7-11-36(29)46/h5-14,17-19,21-24,33,45H,15-16,20,25-26H2,1-4H3. The van der Waals surface area contributed by atoms with E-state index in [0.29, 0.717) is 63.9 Å². The SMILES string of the molecule is CN=CC1Cc2ccccc2N1C(=O)c1ccc(OCc2cc(COc3cc(NC)c(C(=O)N4CCc5ccccc54)cc3OC)cc([N+](=O)[O-])c2)c(OC)c1. The number of carbonyl (C=O) groups is 2. The molecule has 7 rings (SSSR count). The number of benzene rings is 5. The highest BCUT2D eigenvalue weighted by molar-refractivity contribution is 6.11. The summed E-state index contributed by atoms with van der Waals surface area (Å²) in [5.41, 5.74) is 6.18. The maximum atomic E-state index is 13.8. The molecule has 0 spiro atoms. The number of ether oxygens (including phenoxy) is 4. The second-order valence-corrected chi connectivity index (χ2v) is 13.3. The third kappa shape index (κ3) is 7.43. The van der Waals surface area contributed by atoms with Crippen LogP contribution in [0.5, 0.6) is 23.0 Å². The van der Waals surface area contributed by atoms with Gasteiger partial charge in [-0.25, -0.2) is 0 Å². The molecular weight excluding hydrogens is 715 g/mol. The number of amides is 2. The summed E-state index contributed by atoms with van der Waals surface area (Å²) >= 11 is 0. The number of anilines is 3. The molecule has 286 valence electrons. The summed E-state index contributed by atoms with van der Waals surface area (Å²) < 4.78 is 23.5. The van der Waals surface area contributed by atoms with Gasteiger partial charge in [-0.1, -0.05) is 36.4 Å². The first-order valence-corrected chi connectivity index (χ1v) is 18.1. The number of non-ortho nitro benzene ring substituents is 1. The van der Waals surface area contributed by atoms with Gasteiger partial charge in [0.05, 0.1) is 36.4 Å². The number of nitrogens with zero attached hydrogens (tertiary/aromatic N) is 4. The Morgan fingerprint density at radius 2 is 1.48 bits per heavy atom. The fourth-order valence-corrected chi connectivity index (χ4v) is 7.27. The molecule has 1 unspecified atom stereocenters. The van der Waals surface area contributed by atoms with Gasteiger partial charge in [-0.2, -0.15) is 0 Å². The van der Waals surface area contributed by atoms with E-state index in [4.69, 9.17) is 18.9 Å². The highest BCUT2D eigenvalue weighted by Gasteiger charge is 2.34. The van der Waals surface area contributed by atoms with Crippen LogP contribution in [0.1, 0.15) is 43.0 Å². The second-order valence-electron chi connectivity index (χ2n) is 13.3. The molecule has 56 heavy (non-hydrogen) atoms. The zero-order chi connectivity index (χ0) is 39.3. The van der Waals surface area contributed by atoms with E-state index >= 15 is 0 Å². The number of nitro groups is 1. The number of hydrogen-bond donors (Lipinski definition) is 1. The summed E-state index contributed by atoms with van der Waals surface area (Å²) in [6.45, 7) is 0.503. The van der Waals surface area contributed by atoms with Crippen molar-refractivity contribution in [1.82, 2.24) is 0 Å². The zero-order valence-electron chi connectivity index (χ0n) is 31.5. The Balaban J connectivity index is 1.07. The highest BCUT2D eigenvalue weighted by Crippen LogP contribution is 2.38. The minimum absolute atomic E-state index is 0.0312. The molecule has 5 aromatic rings. The van der Waals surface area contributed by atoms with E-state index in [9.17, 15) is 19.7 Å². The molecule has 1 N–H and O–H groups in total. The molecule has 0 aromatic heterocycles. The van der Waals surface area contributed by atoms with Crippen molar-refractivity contribution < 1.29 is 33.5 Å². The number of fused-ring (bicyclic) bond motifs is 2. The van der Waals surface area contributed by atoms with Crippen molar-refractivity contribution >= 4 is 40.8 Å². The molecular formula is C43H41N5O8. The average molecular weight is 756 g/mol. The summed E-state index contributed by atoms with van der Waals surface area (Å²) in [4.78, 5) is 46.8. The smallest absolute Gasteiger partial charge is 0.270 e. The maximum absolute atomic E-state index is 13.8. The van der Waals surface area contributed by atoms with Gasteiger partial charge in [0, 0.05) is 68.4 Å². The van der Waals surface area contributed by atoms with Gasteiger partial charge in [0.2, 0.25) is 0 Å². The van der Waals surface area contributed by atoms with Crippen LogP contribution in [0.25, 0.3) is 0 Å². The Labute approximate surface area is 324 Å².